The molecule has 2 fully saturated rings. The first kappa shape index (κ1) is 31.4. The Labute approximate surface area is 253 Å². The van der Waals surface area contributed by atoms with Crippen LogP contribution in [0.25, 0.3) is 11.1 Å². The summed E-state index contributed by atoms with van der Waals surface area (Å²) in [4.78, 5) is 33.8. The Balaban J connectivity index is 1.78. The van der Waals surface area contributed by atoms with E-state index >= 15 is 0 Å². The second-order valence-electron chi connectivity index (χ2n) is 10.8. The molecule has 2 aromatic rings. The van der Waals surface area contributed by atoms with Crippen molar-refractivity contribution in [2.45, 2.75) is 61.2 Å². The standard InChI is InChI=1S/C26H31N7O9S2/c27-26(34)29-28-25-19-13-17(43(39,40)30-9-5-1-2-6-10-30)15-21(32(35)36)23(19)24-20(25)14-18(16-22(24)33(37)38)44(41,42)31-11-7-3-4-8-12-31/h13-16H,1-12H2,(H3,27,29,34). The minimum atomic E-state index is -4.26. The fourth-order valence-electron chi connectivity index (χ4n) is 5.93. The highest BCUT2D eigenvalue weighted by atomic mass is 32.2. The van der Waals surface area contributed by atoms with E-state index in [0.29, 0.717) is 25.7 Å². The third-order valence-electron chi connectivity index (χ3n) is 8.02. The third-order valence-corrected chi connectivity index (χ3v) is 11.8. The number of urea groups is 1. The van der Waals surface area contributed by atoms with Crippen molar-refractivity contribution in [1.29, 1.82) is 0 Å². The average molecular weight is 650 g/mol. The van der Waals surface area contributed by atoms with Crippen molar-refractivity contribution >= 4 is 43.2 Å². The number of rotatable bonds is 7. The fourth-order valence-corrected chi connectivity index (χ4v) is 9.05. The number of carbonyl (C=O) groups excluding carboxylic acids is 1. The summed E-state index contributed by atoms with van der Waals surface area (Å²) in [6, 6.07) is 2.77. The molecule has 0 atom stereocenters. The number of nitrogens with two attached hydrogens (primary N) is 1. The molecule has 2 saturated heterocycles. The van der Waals surface area contributed by atoms with Crippen LogP contribution < -0.4 is 11.2 Å². The number of hydrogen-bond acceptors (Lipinski definition) is 10. The zero-order valence-electron chi connectivity index (χ0n) is 23.6. The molecule has 44 heavy (non-hydrogen) atoms. The first-order valence-electron chi connectivity index (χ1n) is 14.1. The highest BCUT2D eigenvalue weighted by Crippen LogP contribution is 2.49. The lowest BCUT2D eigenvalue weighted by Gasteiger charge is -2.20. The molecular weight excluding hydrogens is 618 g/mol. The van der Waals surface area contributed by atoms with Gasteiger partial charge in [0.25, 0.3) is 11.4 Å². The Morgan fingerprint density at radius 1 is 0.705 bits per heavy atom. The topological polar surface area (TPSA) is 229 Å². The van der Waals surface area contributed by atoms with Crippen LogP contribution in [0.15, 0.2) is 39.2 Å². The molecular formula is C26H31N7O9S2. The molecule has 0 bridgehead atoms. The number of hydrazone groups is 1. The van der Waals surface area contributed by atoms with E-state index in [4.69, 9.17) is 5.73 Å². The van der Waals surface area contributed by atoms with Gasteiger partial charge in [-0.2, -0.15) is 13.7 Å². The van der Waals surface area contributed by atoms with Crippen LogP contribution in [-0.2, 0) is 20.0 Å². The highest BCUT2D eigenvalue weighted by Gasteiger charge is 2.42. The number of nitrogens with one attached hydrogen (secondary N) is 1. The summed E-state index contributed by atoms with van der Waals surface area (Å²) < 4.78 is 57.3. The summed E-state index contributed by atoms with van der Waals surface area (Å²) in [7, 11) is -8.51. The van der Waals surface area contributed by atoms with Crippen LogP contribution >= 0.6 is 0 Å². The summed E-state index contributed by atoms with van der Waals surface area (Å²) in [6.45, 7) is 0.837. The van der Waals surface area contributed by atoms with Crippen LogP contribution in [-0.4, -0.2) is 73.2 Å². The summed E-state index contributed by atoms with van der Waals surface area (Å²) >= 11 is 0. The summed E-state index contributed by atoms with van der Waals surface area (Å²) in [6.07, 6.45) is 5.73. The molecule has 0 radical (unpaired) electrons. The van der Waals surface area contributed by atoms with E-state index in [-0.39, 0.29) is 54.1 Å². The molecule has 0 unspecified atom stereocenters. The molecule has 0 spiro atoms. The predicted molar refractivity (Wildman–Crippen MR) is 158 cm³/mol. The third kappa shape index (κ3) is 5.76. The molecule has 3 N–H and O–H groups in total. The van der Waals surface area contributed by atoms with E-state index < -0.39 is 57.1 Å². The van der Waals surface area contributed by atoms with Crippen molar-refractivity contribution in [1.82, 2.24) is 14.0 Å². The van der Waals surface area contributed by atoms with E-state index in [9.17, 15) is 41.9 Å². The molecule has 1 aliphatic carbocycles. The van der Waals surface area contributed by atoms with E-state index in [1.807, 2.05) is 5.43 Å². The van der Waals surface area contributed by atoms with Gasteiger partial charge in [-0.15, -0.1) is 0 Å². The molecule has 5 rings (SSSR count). The molecule has 3 aliphatic rings. The highest BCUT2D eigenvalue weighted by molar-refractivity contribution is 7.89. The zero-order valence-corrected chi connectivity index (χ0v) is 25.2. The first-order valence-corrected chi connectivity index (χ1v) is 17.0. The Morgan fingerprint density at radius 3 is 1.39 bits per heavy atom. The first-order chi connectivity index (χ1) is 20.8. The number of sulfonamides is 2. The summed E-state index contributed by atoms with van der Waals surface area (Å²) in [5, 5.41) is 28.7. The van der Waals surface area contributed by atoms with Gasteiger partial charge >= 0.3 is 6.03 Å². The molecule has 0 saturated carbocycles. The van der Waals surface area contributed by atoms with Crippen LogP contribution in [0.3, 0.4) is 0 Å². The monoisotopic (exact) mass is 649 g/mol. The number of nitro benzene ring substituents is 2. The number of benzene rings is 2. The van der Waals surface area contributed by atoms with Crippen molar-refractivity contribution in [2.75, 3.05) is 26.2 Å². The van der Waals surface area contributed by atoms with Gasteiger partial charge in [0.1, 0.15) is 0 Å². The molecule has 236 valence electrons. The Hall–Kier alpha value is -4.00. The molecule has 16 nitrogen and oxygen atoms in total. The largest absolute Gasteiger partial charge is 0.350 e. The SMILES string of the molecule is NC(=O)NN=C1c2cc(S(=O)(=O)N3CCCCCC3)cc([N+](=O)[O-])c2-c2c1cc(S(=O)(=O)N1CCCCCC1)cc2[N+](=O)[O-]. The van der Waals surface area contributed by atoms with Crippen molar-refractivity contribution in [3.05, 3.63) is 55.6 Å². The number of hydrogen-bond donors (Lipinski definition) is 2. The number of nitrogens with zero attached hydrogens (tertiary/aromatic N) is 5. The lowest BCUT2D eigenvalue weighted by atomic mass is 10.0. The minimum absolute atomic E-state index is 0.205. The Morgan fingerprint density at radius 2 is 1.07 bits per heavy atom. The molecule has 2 aliphatic heterocycles. The van der Waals surface area contributed by atoms with Crippen LogP contribution in [0, 0.1) is 20.2 Å². The summed E-state index contributed by atoms with van der Waals surface area (Å²) in [5.74, 6) is 0. The number of nitro groups is 2. The maximum Gasteiger partial charge on any atom is 0.332 e. The van der Waals surface area contributed by atoms with E-state index in [2.05, 4.69) is 5.10 Å². The molecule has 2 aromatic carbocycles. The van der Waals surface area contributed by atoms with Gasteiger partial charge in [0.2, 0.25) is 20.0 Å². The number of carbonyl (C=O) groups is 1. The summed E-state index contributed by atoms with van der Waals surface area (Å²) in [5.41, 5.74) is 4.33. The quantitative estimate of drug-likeness (QED) is 0.283. The van der Waals surface area contributed by atoms with E-state index in [1.54, 1.807) is 0 Å². The molecule has 2 amide bonds. The normalized spacial score (nSPS) is 18.0. The van der Waals surface area contributed by atoms with E-state index in [0.717, 1.165) is 49.9 Å². The molecule has 2 heterocycles. The van der Waals surface area contributed by atoms with Crippen molar-refractivity contribution in [3.8, 4) is 11.1 Å². The smallest absolute Gasteiger partial charge is 0.332 e. The Bertz CT molecular complexity index is 1660. The van der Waals surface area contributed by atoms with Crippen molar-refractivity contribution in [3.63, 3.8) is 0 Å². The van der Waals surface area contributed by atoms with Gasteiger partial charge in [0.05, 0.1) is 36.5 Å². The number of amides is 2. The second kappa shape index (κ2) is 12.2. The van der Waals surface area contributed by atoms with Gasteiger partial charge in [-0.05, 0) is 37.8 Å². The second-order valence-corrected chi connectivity index (χ2v) is 14.7. The van der Waals surface area contributed by atoms with Gasteiger partial charge in [-0.25, -0.2) is 27.1 Å². The van der Waals surface area contributed by atoms with Gasteiger partial charge in [0.15, 0.2) is 0 Å². The van der Waals surface area contributed by atoms with Crippen LogP contribution in [0.4, 0.5) is 16.2 Å². The predicted octanol–water partition coefficient (Wildman–Crippen LogP) is 3.03. The minimum Gasteiger partial charge on any atom is -0.350 e. The van der Waals surface area contributed by atoms with Crippen molar-refractivity contribution < 1.29 is 31.5 Å². The van der Waals surface area contributed by atoms with Crippen molar-refractivity contribution in [2.24, 2.45) is 10.8 Å². The van der Waals surface area contributed by atoms with Crippen LogP contribution in [0.1, 0.15) is 62.5 Å². The van der Waals surface area contributed by atoms with Gasteiger partial charge in [-0.1, -0.05) is 25.7 Å². The van der Waals surface area contributed by atoms with Gasteiger partial charge in [-0.3, -0.25) is 20.2 Å². The lowest BCUT2D eigenvalue weighted by Crippen LogP contribution is -2.32. The average Bonchev–Trinajstić information content (AvgIpc) is 3.25. The molecule has 0 aromatic heterocycles. The number of primary amides is 1. The fraction of sp³-hybridized carbons (Fsp3) is 0.462. The van der Waals surface area contributed by atoms with Crippen LogP contribution in [0.2, 0.25) is 0 Å². The Kier molecular flexibility index (Phi) is 8.70. The van der Waals surface area contributed by atoms with Crippen LogP contribution in [0.5, 0.6) is 0 Å². The molecule has 18 heteroatoms. The zero-order chi connectivity index (χ0) is 31.8. The van der Waals surface area contributed by atoms with Gasteiger partial charge < -0.3 is 5.73 Å². The number of fused-ring (bicyclic) bond motifs is 3. The maximum absolute atomic E-state index is 13.7. The van der Waals surface area contributed by atoms with Gasteiger partial charge in [0, 0.05) is 49.4 Å². The lowest BCUT2D eigenvalue weighted by molar-refractivity contribution is -0.386. The maximum atomic E-state index is 13.7. The van der Waals surface area contributed by atoms with E-state index in [1.165, 1.54) is 8.61 Å².